The van der Waals surface area contributed by atoms with Gasteiger partial charge in [0.2, 0.25) is 5.91 Å². The lowest BCUT2D eigenvalue weighted by Gasteiger charge is -2.21. The molecule has 0 atom stereocenters. The molecule has 1 amide bonds. The van der Waals surface area contributed by atoms with E-state index in [1.54, 1.807) is 18.2 Å². The summed E-state index contributed by atoms with van der Waals surface area (Å²) in [7, 11) is 0. The molecule has 1 saturated heterocycles. The highest BCUT2D eigenvalue weighted by molar-refractivity contribution is 6.33. The molecule has 92 valence electrons. The number of hydrogen-bond donors (Lipinski definition) is 2. The summed E-state index contributed by atoms with van der Waals surface area (Å²) in [4.78, 5) is 11.9. The number of ether oxygens (including phenoxy) is 1. The smallest absolute Gasteiger partial charge is 0.227 e. The summed E-state index contributed by atoms with van der Waals surface area (Å²) in [6.07, 6.45) is 1.55. The number of rotatable bonds is 2. The van der Waals surface area contributed by atoms with Crippen molar-refractivity contribution in [1.82, 2.24) is 0 Å². The zero-order chi connectivity index (χ0) is 12.3. The molecule has 1 aromatic rings. The van der Waals surface area contributed by atoms with Gasteiger partial charge in [0.05, 0.1) is 10.7 Å². The largest absolute Gasteiger partial charge is 0.397 e. The minimum atomic E-state index is 0.0232. The van der Waals surface area contributed by atoms with Crippen molar-refractivity contribution in [3.05, 3.63) is 23.2 Å². The van der Waals surface area contributed by atoms with Gasteiger partial charge in [0.1, 0.15) is 0 Å². The van der Waals surface area contributed by atoms with Gasteiger partial charge < -0.3 is 15.8 Å². The molecule has 0 aliphatic carbocycles. The quantitative estimate of drug-likeness (QED) is 0.796. The molecule has 0 bridgehead atoms. The van der Waals surface area contributed by atoms with Gasteiger partial charge in [-0.05, 0) is 31.0 Å². The SMILES string of the molecule is Nc1cc(NC(=O)C2CCOCC2)ccc1Cl. The second kappa shape index (κ2) is 5.38. The highest BCUT2D eigenvalue weighted by atomic mass is 35.5. The third kappa shape index (κ3) is 3.11. The Balaban J connectivity index is 1.99. The molecule has 1 aliphatic heterocycles. The predicted molar refractivity (Wildman–Crippen MR) is 68.0 cm³/mol. The first-order valence-electron chi connectivity index (χ1n) is 5.60. The Morgan fingerprint density at radius 1 is 1.41 bits per heavy atom. The van der Waals surface area contributed by atoms with Crippen LogP contribution in [0.2, 0.25) is 5.02 Å². The molecule has 1 fully saturated rings. The Kier molecular flexibility index (Phi) is 3.86. The van der Waals surface area contributed by atoms with Crippen molar-refractivity contribution >= 4 is 28.9 Å². The fourth-order valence-electron chi connectivity index (χ4n) is 1.83. The lowest BCUT2D eigenvalue weighted by molar-refractivity contribution is -0.122. The van der Waals surface area contributed by atoms with Gasteiger partial charge in [-0.1, -0.05) is 11.6 Å². The molecule has 1 aliphatic rings. The highest BCUT2D eigenvalue weighted by Crippen LogP contribution is 2.23. The van der Waals surface area contributed by atoms with E-state index < -0.39 is 0 Å². The Morgan fingerprint density at radius 3 is 2.76 bits per heavy atom. The van der Waals surface area contributed by atoms with Gasteiger partial charge >= 0.3 is 0 Å². The Bertz CT molecular complexity index is 417. The zero-order valence-electron chi connectivity index (χ0n) is 9.41. The second-order valence-electron chi connectivity index (χ2n) is 4.11. The van der Waals surface area contributed by atoms with E-state index in [1.165, 1.54) is 0 Å². The third-order valence-corrected chi connectivity index (χ3v) is 3.20. The summed E-state index contributed by atoms with van der Waals surface area (Å²) in [6.45, 7) is 1.31. The van der Waals surface area contributed by atoms with Gasteiger partial charge in [0.25, 0.3) is 0 Å². The number of halogens is 1. The lowest BCUT2D eigenvalue weighted by atomic mass is 9.99. The van der Waals surface area contributed by atoms with Crippen molar-refractivity contribution in [3.63, 3.8) is 0 Å². The Labute approximate surface area is 105 Å². The molecule has 2 rings (SSSR count). The Hall–Kier alpha value is -1.26. The third-order valence-electron chi connectivity index (χ3n) is 2.86. The number of anilines is 2. The summed E-state index contributed by atoms with van der Waals surface area (Å²) in [5.74, 6) is 0.0516. The highest BCUT2D eigenvalue weighted by Gasteiger charge is 2.21. The minimum Gasteiger partial charge on any atom is -0.397 e. The number of nitrogens with one attached hydrogen (secondary N) is 1. The number of carbonyl (C=O) groups excluding carboxylic acids is 1. The molecule has 0 aromatic heterocycles. The van der Waals surface area contributed by atoms with Crippen LogP contribution in [0.25, 0.3) is 0 Å². The molecular formula is C12H15ClN2O2. The molecule has 0 saturated carbocycles. The maximum absolute atomic E-state index is 11.9. The van der Waals surface area contributed by atoms with Crippen molar-refractivity contribution in [1.29, 1.82) is 0 Å². The van der Waals surface area contributed by atoms with Crippen LogP contribution in [0.1, 0.15) is 12.8 Å². The van der Waals surface area contributed by atoms with Gasteiger partial charge in [-0.2, -0.15) is 0 Å². The van der Waals surface area contributed by atoms with Crippen LogP contribution >= 0.6 is 11.6 Å². The average Bonchev–Trinajstić information content (AvgIpc) is 2.35. The van der Waals surface area contributed by atoms with E-state index in [4.69, 9.17) is 22.1 Å². The Morgan fingerprint density at radius 2 is 2.12 bits per heavy atom. The second-order valence-corrected chi connectivity index (χ2v) is 4.52. The average molecular weight is 255 g/mol. The zero-order valence-corrected chi connectivity index (χ0v) is 10.2. The lowest BCUT2D eigenvalue weighted by Crippen LogP contribution is -2.28. The molecule has 17 heavy (non-hydrogen) atoms. The maximum Gasteiger partial charge on any atom is 0.227 e. The first kappa shape index (κ1) is 12.2. The van der Waals surface area contributed by atoms with Gasteiger partial charge in [-0.25, -0.2) is 0 Å². The summed E-state index contributed by atoms with van der Waals surface area (Å²) in [5.41, 5.74) is 6.82. The summed E-state index contributed by atoms with van der Waals surface area (Å²) in [6, 6.07) is 5.09. The van der Waals surface area contributed by atoms with Crippen LogP contribution in [0, 0.1) is 5.92 Å². The summed E-state index contributed by atoms with van der Waals surface area (Å²) >= 11 is 5.81. The molecule has 0 unspecified atom stereocenters. The van der Waals surface area contributed by atoms with Crippen LogP contribution in [0.5, 0.6) is 0 Å². The van der Waals surface area contributed by atoms with Crippen LogP contribution in [-0.2, 0) is 9.53 Å². The fourth-order valence-corrected chi connectivity index (χ4v) is 1.94. The summed E-state index contributed by atoms with van der Waals surface area (Å²) in [5, 5.41) is 3.34. The van der Waals surface area contributed by atoms with E-state index in [-0.39, 0.29) is 11.8 Å². The number of nitrogens with two attached hydrogens (primary N) is 1. The van der Waals surface area contributed by atoms with Gasteiger partial charge in [0.15, 0.2) is 0 Å². The first-order chi connectivity index (χ1) is 8.16. The molecule has 3 N–H and O–H groups in total. The van der Waals surface area contributed by atoms with Crippen molar-refractivity contribution < 1.29 is 9.53 Å². The standard InChI is InChI=1S/C12H15ClN2O2/c13-10-2-1-9(7-11(10)14)15-12(16)8-3-5-17-6-4-8/h1-2,7-8H,3-6,14H2,(H,15,16). The van der Waals surface area contributed by atoms with Crippen molar-refractivity contribution in [2.45, 2.75) is 12.8 Å². The van der Waals surface area contributed by atoms with Gasteiger partial charge in [-0.15, -0.1) is 0 Å². The molecule has 1 aromatic carbocycles. The molecule has 1 heterocycles. The number of hydrogen-bond acceptors (Lipinski definition) is 3. The fraction of sp³-hybridized carbons (Fsp3) is 0.417. The van der Waals surface area contributed by atoms with E-state index in [0.717, 1.165) is 12.8 Å². The van der Waals surface area contributed by atoms with Crippen LogP contribution in [0.15, 0.2) is 18.2 Å². The number of amides is 1. The van der Waals surface area contributed by atoms with Crippen LogP contribution in [0.4, 0.5) is 11.4 Å². The predicted octanol–water partition coefficient (Wildman–Crippen LogP) is 2.29. The minimum absolute atomic E-state index is 0.0232. The number of nitrogen functional groups attached to an aromatic ring is 1. The topological polar surface area (TPSA) is 64.3 Å². The molecule has 5 heteroatoms. The van der Waals surface area contributed by atoms with Gasteiger partial charge in [-0.3, -0.25) is 4.79 Å². The van der Waals surface area contributed by atoms with Crippen molar-refractivity contribution in [3.8, 4) is 0 Å². The van der Waals surface area contributed by atoms with Gasteiger partial charge in [0, 0.05) is 24.8 Å². The van der Waals surface area contributed by atoms with Crippen molar-refractivity contribution in [2.24, 2.45) is 5.92 Å². The molecule has 0 radical (unpaired) electrons. The van der Waals surface area contributed by atoms with E-state index in [1.807, 2.05) is 0 Å². The number of benzene rings is 1. The normalized spacial score (nSPS) is 16.8. The maximum atomic E-state index is 11.9. The van der Waals surface area contributed by atoms with E-state index in [0.29, 0.717) is 29.6 Å². The van der Waals surface area contributed by atoms with E-state index >= 15 is 0 Å². The van der Waals surface area contributed by atoms with E-state index in [2.05, 4.69) is 5.32 Å². The van der Waals surface area contributed by atoms with Crippen LogP contribution in [-0.4, -0.2) is 19.1 Å². The monoisotopic (exact) mass is 254 g/mol. The van der Waals surface area contributed by atoms with Crippen LogP contribution in [0.3, 0.4) is 0 Å². The number of carbonyl (C=O) groups is 1. The van der Waals surface area contributed by atoms with E-state index in [9.17, 15) is 4.79 Å². The van der Waals surface area contributed by atoms with Crippen molar-refractivity contribution in [2.75, 3.05) is 24.3 Å². The molecular weight excluding hydrogens is 240 g/mol. The summed E-state index contributed by atoms with van der Waals surface area (Å²) < 4.78 is 5.22. The van der Waals surface area contributed by atoms with Crippen LogP contribution < -0.4 is 11.1 Å². The molecule has 4 nitrogen and oxygen atoms in total. The first-order valence-corrected chi connectivity index (χ1v) is 5.98. The molecule has 0 spiro atoms.